The molecular weight excluding hydrogens is 342 g/mol. The standard InChI is InChI=1S/C18H20ClN3O3/c1-12-3-4-13(19)11-16(12)22-17(23)9-10-20-18(24)21-14-5-7-15(25-2)8-6-14/h3-8,11H,9-10H2,1-2H3,(H,22,23)(H2,20,21,24). The number of ether oxygens (including phenoxy) is 1. The number of methoxy groups -OCH3 is 1. The van der Waals surface area contributed by atoms with Crippen molar-refractivity contribution in [3.05, 3.63) is 53.1 Å². The van der Waals surface area contributed by atoms with E-state index >= 15 is 0 Å². The molecule has 25 heavy (non-hydrogen) atoms. The fraction of sp³-hybridized carbons (Fsp3) is 0.222. The van der Waals surface area contributed by atoms with Crippen LogP contribution in [0.25, 0.3) is 0 Å². The molecule has 0 unspecified atom stereocenters. The average Bonchev–Trinajstić information content (AvgIpc) is 2.59. The summed E-state index contributed by atoms with van der Waals surface area (Å²) < 4.78 is 5.05. The lowest BCUT2D eigenvalue weighted by atomic mass is 10.2. The van der Waals surface area contributed by atoms with Gasteiger partial charge >= 0.3 is 6.03 Å². The van der Waals surface area contributed by atoms with Gasteiger partial charge in [0.15, 0.2) is 0 Å². The van der Waals surface area contributed by atoms with Crippen molar-refractivity contribution in [3.8, 4) is 5.75 Å². The molecule has 0 saturated heterocycles. The Balaban J connectivity index is 1.74. The number of aryl methyl sites for hydroxylation is 1. The van der Waals surface area contributed by atoms with E-state index in [4.69, 9.17) is 16.3 Å². The molecule has 7 heteroatoms. The maximum atomic E-state index is 11.9. The quantitative estimate of drug-likeness (QED) is 0.732. The number of amides is 3. The van der Waals surface area contributed by atoms with Gasteiger partial charge in [-0.15, -0.1) is 0 Å². The first kappa shape index (κ1) is 18.6. The molecule has 132 valence electrons. The Morgan fingerprint density at radius 3 is 2.48 bits per heavy atom. The van der Waals surface area contributed by atoms with Gasteiger partial charge in [0.05, 0.1) is 7.11 Å². The molecule has 0 heterocycles. The Morgan fingerprint density at radius 1 is 1.08 bits per heavy atom. The minimum Gasteiger partial charge on any atom is -0.497 e. The van der Waals surface area contributed by atoms with Crippen LogP contribution >= 0.6 is 11.6 Å². The Hall–Kier alpha value is -2.73. The molecule has 0 fully saturated rings. The fourth-order valence-electron chi connectivity index (χ4n) is 2.08. The average molecular weight is 362 g/mol. The first-order valence-electron chi connectivity index (χ1n) is 7.73. The summed E-state index contributed by atoms with van der Waals surface area (Å²) in [5.74, 6) is 0.508. The zero-order valence-electron chi connectivity index (χ0n) is 14.1. The number of carbonyl (C=O) groups excluding carboxylic acids is 2. The molecule has 0 saturated carbocycles. The summed E-state index contributed by atoms with van der Waals surface area (Å²) >= 11 is 5.92. The molecule has 0 spiro atoms. The second-order valence-electron chi connectivity index (χ2n) is 5.37. The van der Waals surface area contributed by atoms with E-state index in [0.717, 1.165) is 5.56 Å². The van der Waals surface area contributed by atoms with Gasteiger partial charge in [0.25, 0.3) is 0 Å². The number of nitrogens with one attached hydrogen (secondary N) is 3. The van der Waals surface area contributed by atoms with Crippen LogP contribution in [0.5, 0.6) is 5.75 Å². The van der Waals surface area contributed by atoms with E-state index in [-0.39, 0.29) is 24.9 Å². The molecule has 0 aromatic heterocycles. The van der Waals surface area contributed by atoms with Crippen molar-refractivity contribution in [3.63, 3.8) is 0 Å². The summed E-state index contributed by atoms with van der Waals surface area (Å²) in [6.07, 6.45) is 0.155. The molecule has 3 N–H and O–H groups in total. The molecule has 6 nitrogen and oxygen atoms in total. The molecule has 0 radical (unpaired) electrons. The van der Waals surface area contributed by atoms with Gasteiger partial charge in [0, 0.05) is 29.4 Å². The molecule has 2 aromatic carbocycles. The number of hydrogen-bond donors (Lipinski definition) is 3. The normalized spacial score (nSPS) is 10.0. The van der Waals surface area contributed by atoms with Gasteiger partial charge < -0.3 is 20.7 Å². The lowest BCUT2D eigenvalue weighted by Crippen LogP contribution is -2.31. The molecular formula is C18H20ClN3O3. The highest BCUT2D eigenvalue weighted by molar-refractivity contribution is 6.31. The summed E-state index contributed by atoms with van der Waals surface area (Å²) in [7, 11) is 1.57. The fourth-order valence-corrected chi connectivity index (χ4v) is 2.25. The lowest BCUT2D eigenvalue weighted by Gasteiger charge is -2.10. The molecule has 2 aromatic rings. The third-order valence-electron chi connectivity index (χ3n) is 3.46. The molecule has 0 aliphatic carbocycles. The predicted octanol–water partition coefficient (Wildman–Crippen LogP) is 3.81. The first-order chi connectivity index (χ1) is 12.0. The van der Waals surface area contributed by atoms with Crippen molar-refractivity contribution in [2.24, 2.45) is 0 Å². The van der Waals surface area contributed by atoms with Gasteiger partial charge in [-0.2, -0.15) is 0 Å². The summed E-state index contributed by atoms with van der Waals surface area (Å²) in [6.45, 7) is 2.10. The van der Waals surface area contributed by atoms with Crippen LogP contribution < -0.4 is 20.7 Å². The third-order valence-corrected chi connectivity index (χ3v) is 3.69. The van der Waals surface area contributed by atoms with E-state index in [0.29, 0.717) is 22.1 Å². The molecule has 3 amide bonds. The highest BCUT2D eigenvalue weighted by atomic mass is 35.5. The van der Waals surface area contributed by atoms with Crippen molar-refractivity contribution in [2.45, 2.75) is 13.3 Å². The van der Waals surface area contributed by atoms with Crippen molar-refractivity contribution < 1.29 is 14.3 Å². The highest BCUT2D eigenvalue weighted by Crippen LogP contribution is 2.20. The van der Waals surface area contributed by atoms with Crippen molar-refractivity contribution in [1.29, 1.82) is 0 Å². The Labute approximate surface area is 151 Å². The van der Waals surface area contributed by atoms with Crippen molar-refractivity contribution in [2.75, 3.05) is 24.3 Å². The SMILES string of the molecule is COc1ccc(NC(=O)NCCC(=O)Nc2cc(Cl)ccc2C)cc1. The third kappa shape index (κ3) is 6.00. The smallest absolute Gasteiger partial charge is 0.319 e. The molecule has 2 rings (SSSR count). The maximum Gasteiger partial charge on any atom is 0.319 e. The monoisotopic (exact) mass is 361 g/mol. The van der Waals surface area contributed by atoms with Crippen molar-refractivity contribution in [1.82, 2.24) is 5.32 Å². The zero-order chi connectivity index (χ0) is 18.2. The molecule has 0 atom stereocenters. The van der Waals surface area contributed by atoms with E-state index in [1.54, 1.807) is 43.5 Å². The topological polar surface area (TPSA) is 79.5 Å². The molecule has 0 aliphatic rings. The number of rotatable bonds is 6. The number of hydrogen-bond acceptors (Lipinski definition) is 3. The molecule has 0 aliphatic heterocycles. The van der Waals surface area contributed by atoms with E-state index in [9.17, 15) is 9.59 Å². The van der Waals surface area contributed by atoms with E-state index < -0.39 is 0 Å². The van der Waals surface area contributed by atoms with Crippen LogP contribution in [0.3, 0.4) is 0 Å². The van der Waals surface area contributed by atoms with Crippen LogP contribution in [0, 0.1) is 6.92 Å². The van der Waals surface area contributed by atoms with E-state index in [1.807, 2.05) is 13.0 Å². The van der Waals surface area contributed by atoms with Gasteiger partial charge in [0.2, 0.25) is 5.91 Å². The Morgan fingerprint density at radius 2 is 1.80 bits per heavy atom. The highest BCUT2D eigenvalue weighted by Gasteiger charge is 2.07. The second kappa shape index (κ2) is 8.94. The maximum absolute atomic E-state index is 11.9. The minimum absolute atomic E-state index is 0.155. The van der Waals surface area contributed by atoms with Crippen LogP contribution in [0.1, 0.15) is 12.0 Å². The van der Waals surface area contributed by atoms with Crippen LogP contribution in [0.2, 0.25) is 5.02 Å². The summed E-state index contributed by atoms with van der Waals surface area (Å²) in [5.41, 5.74) is 2.22. The van der Waals surface area contributed by atoms with Crippen LogP contribution in [-0.4, -0.2) is 25.6 Å². The Bertz CT molecular complexity index is 748. The molecule has 0 bridgehead atoms. The van der Waals surface area contributed by atoms with Gasteiger partial charge in [-0.1, -0.05) is 17.7 Å². The number of carbonyl (C=O) groups is 2. The van der Waals surface area contributed by atoms with Gasteiger partial charge in [0.1, 0.15) is 5.75 Å². The number of anilines is 2. The summed E-state index contributed by atoms with van der Waals surface area (Å²) in [4.78, 5) is 23.7. The van der Waals surface area contributed by atoms with Gasteiger partial charge in [-0.05, 0) is 48.9 Å². The predicted molar refractivity (Wildman–Crippen MR) is 99.5 cm³/mol. The van der Waals surface area contributed by atoms with E-state index in [2.05, 4.69) is 16.0 Å². The number of halogens is 1. The summed E-state index contributed by atoms with van der Waals surface area (Å²) in [6, 6.07) is 11.9. The van der Waals surface area contributed by atoms with Crippen LogP contribution in [0.4, 0.5) is 16.2 Å². The largest absolute Gasteiger partial charge is 0.497 e. The van der Waals surface area contributed by atoms with Gasteiger partial charge in [-0.3, -0.25) is 4.79 Å². The number of benzene rings is 2. The first-order valence-corrected chi connectivity index (χ1v) is 8.10. The summed E-state index contributed by atoms with van der Waals surface area (Å²) in [5, 5.41) is 8.64. The lowest BCUT2D eigenvalue weighted by molar-refractivity contribution is -0.116. The zero-order valence-corrected chi connectivity index (χ0v) is 14.8. The Kier molecular flexibility index (Phi) is 6.65. The minimum atomic E-state index is -0.378. The number of urea groups is 1. The van der Waals surface area contributed by atoms with E-state index in [1.165, 1.54) is 0 Å². The van der Waals surface area contributed by atoms with Gasteiger partial charge in [-0.25, -0.2) is 4.79 Å². The van der Waals surface area contributed by atoms with Crippen LogP contribution in [0.15, 0.2) is 42.5 Å². The second-order valence-corrected chi connectivity index (χ2v) is 5.80. The van der Waals surface area contributed by atoms with Crippen molar-refractivity contribution >= 4 is 34.9 Å². The van der Waals surface area contributed by atoms with Crippen LogP contribution in [-0.2, 0) is 4.79 Å².